The lowest BCUT2D eigenvalue weighted by Gasteiger charge is -2.32. The summed E-state index contributed by atoms with van der Waals surface area (Å²) in [7, 11) is 0. The van der Waals surface area contributed by atoms with Crippen LogP contribution in [0, 0.1) is 0 Å². The Bertz CT molecular complexity index is 1340. The molecule has 2 aliphatic heterocycles. The van der Waals surface area contributed by atoms with Gasteiger partial charge in [0.15, 0.2) is 0 Å². The molecule has 3 aromatic rings. The van der Waals surface area contributed by atoms with E-state index in [1.807, 2.05) is 42.5 Å². The van der Waals surface area contributed by atoms with Crippen LogP contribution in [0.4, 0.5) is 11.4 Å². The van der Waals surface area contributed by atoms with E-state index in [0.717, 1.165) is 21.0 Å². The van der Waals surface area contributed by atoms with Crippen molar-refractivity contribution in [1.82, 2.24) is 4.90 Å². The van der Waals surface area contributed by atoms with E-state index in [1.165, 1.54) is 16.7 Å². The molecule has 1 fully saturated rings. The normalized spacial score (nSPS) is 16.2. The number of anilines is 2. The van der Waals surface area contributed by atoms with Crippen LogP contribution in [0.25, 0.3) is 6.08 Å². The van der Waals surface area contributed by atoms with Gasteiger partial charge in [-0.25, -0.2) is 0 Å². The van der Waals surface area contributed by atoms with Gasteiger partial charge in [0, 0.05) is 19.8 Å². The molecule has 0 saturated carbocycles. The molecule has 0 aliphatic carbocycles. The van der Waals surface area contributed by atoms with E-state index < -0.39 is 0 Å². The lowest BCUT2D eigenvalue weighted by atomic mass is 10.2. The summed E-state index contributed by atoms with van der Waals surface area (Å²) in [5.41, 5.74) is 2.28. The Kier molecular flexibility index (Phi) is 6.24. The quantitative estimate of drug-likeness (QED) is 0.269. The molecule has 0 atom stereocenters. The maximum Gasteiger partial charge on any atom is 0.266 e. The zero-order valence-corrected chi connectivity index (χ0v) is 20.8. The summed E-state index contributed by atoms with van der Waals surface area (Å²) in [6.07, 6.45) is 1.75. The molecule has 4 nitrogen and oxygen atoms in total. The number of rotatable bonds is 3. The van der Waals surface area contributed by atoms with Crippen molar-refractivity contribution in [3.05, 3.63) is 87.2 Å². The molecule has 0 spiro atoms. The fraction of sp³-hybridized carbons (Fsp3) is 0.0417. The fourth-order valence-corrected chi connectivity index (χ4v) is 6.14. The second kappa shape index (κ2) is 9.16. The molecule has 2 amide bonds. The Morgan fingerprint density at radius 3 is 2.39 bits per heavy atom. The van der Waals surface area contributed by atoms with Crippen LogP contribution in [0.2, 0.25) is 10.0 Å². The molecule has 0 bridgehead atoms. The van der Waals surface area contributed by atoms with Gasteiger partial charge in [0.25, 0.3) is 11.8 Å². The van der Waals surface area contributed by atoms with Crippen LogP contribution in [0.5, 0.6) is 0 Å². The number of benzene rings is 3. The van der Waals surface area contributed by atoms with Gasteiger partial charge in [-0.3, -0.25) is 19.4 Å². The Morgan fingerprint density at radius 1 is 0.909 bits per heavy atom. The number of thioether (sulfide) groups is 1. The van der Waals surface area contributed by atoms with Gasteiger partial charge in [-0.05, 0) is 54.1 Å². The number of para-hydroxylation sites is 1. The minimum absolute atomic E-state index is 0.173. The number of hydrogen-bond acceptors (Lipinski definition) is 5. The number of amides is 2. The molecule has 2 heterocycles. The third-order valence-electron chi connectivity index (χ3n) is 5.07. The third-order valence-corrected chi connectivity index (χ3v) is 8.07. The van der Waals surface area contributed by atoms with Crippen LogP contribution in [-0.2, 0) is 9.59 Å². The second-order valence-electron chi connectivity index (χ2n) is 7.23. The maximum absolute atomic E-state index is 13.6. The Balaban J connectivity index is 1.44. The number of nitrogens with zero attached hydrogens (tertiary/aromatic N) is 2. The van der Waals surface area contributed by atoms with E-state index in [4.69, 9.17) is 35.4 Å². The Labute approximate surface area is 214 Å². The lowest BCUT2D eigenvalue weighted by Crippen LogP contribution is -2.41. The molecule has 0 unspecified atom stereocenters. The number of carbonyl (C=O) groups is 2. The van der Waals surface area contributed by atoms with Gasteiger partial charge in [0.2, 0.25) is 0 Å². The smallest absolute Gasteiger partial charge is 0.266 e. The van der Waals surface area contributed by atoms with Crippen molar-refractivity contribution in [2.24, 2.45) is 0 Å². The minimum atomic E-state index is -0.292. The van der Waals surface area contributed by atoms with Gasteiger partial charge in [0.05, 0.1) is 16.3 Å². The van der Waals surface area contributed by atoms with Crippen molar-refractivity contribution in [2.45, 2.75) is 9.79 Å². The lowest BCUT2D eigenvalue weighted by molar-refractivity contribution is -0.127. The van der Waals surface area contributed by atoms with Crippen LogP contribution < -0.4 is 4.90 Å². The van der Waals surface area contributed by atoms with Gasteiger partial charge in [-0.1, -0.05) is 83.2 Å². The van der Waals surface area contributed by atoms with Crippen LogP contribution in [-0.4, -0.2) is 27.6 Å². The summed E-state index contributed by atoms with van der Waals surface area (Å²) in [5.74, 6) is -0.561. The first-order chi connectivity index (χ1) is 15.9. The number of halogens is 2. The predicted molar refractivity (Wildman–Crippen MR) is 140 cm³/mol. The third kappa shape index (κ3) is 4.44. The van der Waals surface area contributed by atoms with E-state index >= 15 is 0 Å². The first kappa shape index (κ1) is 22.5. The molecule has 0 radical (unpaired) electrons. The molecule has 9 heteroatoms. The molecular formula is C24H14Cl2N2O2S3. The molecule has 2 aliphatic rings. The average molecular weight is 529 g/mol. The van der Waals surface area contributed by atoms with Crippen molar-refractivity contribution in [3.8, 4) is 0 Å². The van der Waals surface area contributed by atoms with Gasteiger partial charge < -0.3 is 0 Å². The summed E-state index contributed by atoms with van der Waals surface area (Å²) < 4.78 is 0.347. The van der Waals surface area contributed by atoms with Gasteiger partial charge in [-0.2, -0.15) is 0 Å². The van der Waals surface area contributed by atoms with Crippen molar-refractivity contribution in [3.63, 3.8) is 0 Å². The maximum atomic E-state index is 13.6. The number of hydrogen-bond donors (Lipinski definition) is 0. The molecule has 0 N–H and O–H groups in total. The molecule has 164 valence electrons. The Morgan fingerprint density at radius 2 is 1.61 bits per heavy atom. The highest BCUT2D eigenvalue weighted by molar-refractivity contribution is 8.26. The van der Waals surface area contributed by atoms with E-state index in [9.17, 15) is 9.59 Å². The van der Waals surface area contributed by atoms with Crippen molar-refractivity contribution in [2.75, 3.05) is 11.4 Å². The molecule has 1 saturated heterocycles. The highest BCUT2D eigenvalue weighted by Crippen LogP contribution is 2.49. The fourth-order valence-electron chi connectivity index (χ4n) is 3.55. The summed E-state index contributed by atoms with van der Waals surface area (Å²) in [6, 6.07) is 20.3. The molecule has 3 aromatic carbocycles. The van der Waals surface area contributed by atoms with Crippen LogP contribution >= 0.6 is 58.9 Å². The summed E-state index contributed by atoms with van der Waals surface area (Å²) in [4.78, 5) is 31.9. The van der Waals surface area contributed by atoms with Gasteiger partial charge >= 0.3 is 0 Å². The first-order valence-corrected chi connectivity index (χ1v) is 12.6. The zero-order valence-electron chi connectivity index (χ0n) is 16.8. The number of thiocarbonyl (C=S) groups is 1. The topological polar surface area (TPSA) is 40.6 Å². The largest absolute Gasteiger partial charge is 0.283 e. The first-order valence-electron chi connectivity index (χ1n) is 9.81. The Hall–Kier alpha value is -2.29. The zero-order chi connectivity index (χ0) is 23.1. The number of carbonyl (C=O) groups excluding carboxylic acids is 2. The summed E-state index contributed by atoms with van der Waals surface area (Å²) in [5, 5.41) is 1.15. The van der Waals surface area contributed by atoms with Crippen molar-refractivity contribution in [1.29, 1.82) is 0 Å². The average Bonchev–Trinajstić information content (AvgIpc) is 3.06. The van der Waals surface area contributed by atoms with Crippen LogP contribution in [0.3, 0.4) is 0 Å². The van der Waals surface area contributed by atoms with Crippen molar-refractivity contribution >= 4 is 92.5 Å². The molecule has 33 heavy (non-hydrogen) atoms. The molecule has 0 aromatic heterocycles. The highest BCUT2D eigenvalue weighted by Gasteiger charge is 2.36. The molecular weight excluding hydrogens is 515 g/mol. The SMILES string of the molecule is O=C1/C(=C\c2ccc(Cl)cc2)SC(=S)N1CC(=O)N1c2ccccc2Sc2ccc(Cl)cc21. The monoisotopic (exact) mass is 528 g/mol. The minimum Gasteiger partial charge on any atom is -0.283 e. The molecule has 5 rings (SSSR count). The summed E-state index contributed by atoms with van der Waals surface area (Å²) >= 11 is 20.4. The van der Waals surface area contributed by atoms with Crippen LogP contribution in [0.15, 0.2) is 81.4 Å². The summed E-state index contributed by atoms with van der Waals surface area (Å²) in [6.45, 7) is -0.173. The van der Waals surface area contributed by atoms with E-state index in [-0.39, 0.29) is 18.4 Å². The van der Waals surface area contributed by atoms with Crippen LogP contribution in [0.1, 0.15) is 5.56 Å². The van der Waals surface area contributed by atoms with E-state index in [2.05, 4.69) is 0 Å². The van der Waals surface area contributed by atoms with Gasteiger partial charge in [0.1, 0.15) is 10.9 Å². The van der Waals surface area contributed by atoms with E-state index in [0.29, 0.717) is 25.0 Å². The highest BCUT2D eigenvalue weighted by atomic mass is 35.5. The van der Waals surface area contributed by atoms with Gasteiger partial charge in [-0.15, -0.1) is 0 Å². The second-order valence-corrected chi connectivity index (χ2v) is 10.9. The van der Waals surface area contributed by atoms with Crippen molar-refractivity contribution < 1.29 is 9.59 Å². The predicted octanol–water partition coefficient (Wildman–Crippen LogP) is 7.02. The number of fused-ring (bicyclic) bond motifs is 2. The standard InChI is InChI=1S/C24H14Cl2N2O2S3/c25-15-7-5-14(6-8-15)11-21-23(30)27(24(31)33-21)13-22(29)28-17-3-1-2-4-19(17)32-20-10-9-16(26)12-18(20)28/h1-12H,13H2/b21-11+. The van der Waals surface area contributed by atoms with E-state index in [1.54, 1.807) is 47.0 Å².